The molecule has 0 spiro atoms. The van der Waals surface area contributed by atoms with Crippen molar-refractivity contribution < 1.29 is 4.79 Å². The van der Waals surface area contributed by atoms with Gasteiger partial charge in [-0.2, -0.15) is 20.6 Å². The maximum absolute atomic E-state index is 12.7. The third kappa shape index (κ3) is 5.26. The maximum Gasteiger partial charge on any atom is 0.225 e. The molecule has 0 radical (unpaired) electrons. The van der Waals surface area contributed by atoms with Gasteiger partial charge in [0, 0.05) is 52.4 Å². The summed E-state index contributed by atoms with van der Waals surface area (Å²) >= 11 is 0. The number of nitrogens with zero attached hydrogens (tertiary/aromatic N) is 5. The fourth-order valence-corrected chi connectivity index (χ4v) is 6.81. The van der Waals surface area contributed by atoms with Gasteiger partial charge >= 0.3 is 0 Å². The number of aromatic nitrogens is 2. The van der Waals surface area contributed by atoms with E-state index in [2.05, 4.69) is 53.8 Å². The van der Waals surface area contributed by atoms with Crippen LogP contribution in [0.4, 0.5) is 5.69 Å². The van der Waals surface area contributed by atoms with Gasteiger partial charge in [-0.05, 0) is 75.6 Å². The van der Waals surface area contributed by atoms with Crippen molar-refractivity contribution in [2.75, 3.05) is 5.32 Å². The van der Waals surface area contributed by atoms with Crippen LogP contribution in [-0.4, -0.2) is 39.0 Å². The number of carbonyl (C=O) groups is 1. The number of hydrogen-bond donors (Lipinski definition) is 2. The Bertz CT molecular complexity index is 1590. The first-order chi connectivity index (χ1) is 19.6. The minimum absolute atomic E-state index is 0.158. The zero-order valence-corrected chi connectivity index (χ0v) is 24.6. The highest BCUT2D eigenvalue weighted by molar-refractivity contribution is 6.18. The van der Waals surface area contributed by atoms with E-state index in [-0.39, 0.29) is 17.4 Å². The Morgan fingerprint density at radius 1 is 1.07 bits per heavy atom. The van der Waals surface area contributed by atoms with E-state index in [9.17, 15) is 10.1 Å². The molecule has 3 aliphatic rings. The van der Waals surface area contributed by atoms with Gasteiger partial charge in [-0.1, -0.05) is 32.9 Å². The van der Waals surface area contributed by atoms with Crippen LogP contribution in [0.25, 0.3) is 16.8 Å². The summed E-state index contributed by atoms with van der Waals surface area (Å²) in [7, 11) is 0. The second-order valence-electron chi connectivity index (χ2n) is 13.3. The van der Waals surface area contributed by atoms with Crippen LogP contribution in [0.1, 0.15) is 77.8 Å². The number of nitrogens with one attached hydrogen (secondary N) is 2. The van der Waals surface area contributed by atoms with Crippen molar-refractivity contribution in [1.82, 2.24) is 14.9 Å². The molecule has 8 nitrogen and oxygen atoms in total. The van der Waals surface area contributed by atoms with Gasteiger partial charge in [0.15, 0.2) is 0 Å². The third-order valence-electron chi connectivity index (χ3n) is 8.90. The van der Waals surface area contributed by atoms with E-state index in [1.54, 1.807) is 6.20 Å². The maximum atomic E-state index is 12.7. The molecule has 1 aliphatic heterocycles. The zero-order chi connectivity index (χ0) is 28.9. The average Bonchev–Trinajstić information content (AvgIpc) is 3.63. The number of benzene rings is 1. The first-order valence-electron chi connectivity index (χ1n) is 14.8. The Morgan fingerprint density at radius 3 is 2.51 bits per heavy atom. The molecule has 3 heterocycles. The van der Waals surface area contributed by atoms with Crippen LogP contribution in [-0.2, 0) is 4.79 Å². The van der Waals surface area contributed by atoms with Gasteiger partial charge in [0.1, 0.15) is 6.07 Å². The normalized spacial score (nSPS) is 23.8. The molecule has 0 saturated heterocycles. The molecule has 2 aromatic heterocycles. The lowest BCUT2D eigenvalue weighted by Gasteiger charge is -2.37. The van der Waals surface area contributed by atoms with Gasteiger partial charge in [-0.3, -0.25) is 4.79 Å². The molecule has 1 amide bonds. The largest absolute Gasteiger partial charge is 0.382 e. The van der Waals surface area contributed by atoms with Crippen molar-refractivity contribution in [1.29, 1.82) is 5.26 Å². The summed E-state index contributed by atoms with van der Waals surface area (Å²) in [6.07, 6.45) is 6.88. The fraction of sp³-hybridized carbons (Fsp3) is 0.485. The molecular formula is C33H39N7O. The number of anilines is 1. The Kier molecular flexibility index (Phi) is 6.93. The summed E-state index contributed by atoms with van der Waals surface area (Å²) in [4.78, 5) is 12.7. The Hall–Kier alpha value is -3.99. The predicted octanol–water partition coefficient (Wildman–Crippen LogP) is 6.21. The van der Waals surface area contributed by atoms with Gasteiger partial charge in [-0.25, -0.2) is 4.52 Å². The highest BCUT2D eigenvalue weighted by atomic mass is 16.2. The molecular weight excluding hydrogens is 510 g/mol. The van der Waals surface area contributed by atoms with Crippen LogP contribution in [0.3, 0.4) is 0 Å². The number of rotatable bonds is 6. The van der Waals surface area contributed by atoms with E-state index in [1.165, 1.54) is 18.6 Å². The van der Waals surface area contributed by atoms with Crippen LogP contribution in [0.2, 0.25) is 0 Å². The van der Waals surface area contributed by atoms with Gasteiger partial charge in [0.05, 0.1) is 28.7 Å². The van der Waals surface area contributed by atoms with Gasteiger partial charge in [0.2, 0.25) is 5.91 Å². The lowest BCUT2D eigenvalue weighted by atomic mass is 9.74. The molecule has 2 unspecified atom stereocenters. The molecule has 1 aromatic carbocycles. The molecule has 2 aliphatic carbocycles. The molecule has 4 atom stereocenters. The number of nitriles is 1. The lowest BCUT2D eigenvalue weighted by Crippen LogP contribution is -2.49. The monoisotopic (exact) mass is 549 g/mol. The van der Waals surface area contributed by atoms with Crippen molar-refractivity contribution in [3.63, 3.8) is 0 Å². The minimum atomic E-state index is -0.363. The van der Waals surface area contributed by atoms with Crippen LogP contribution in [0.15, 0.2) is 52.8 Å². The molecule has 6 rings (SSSR count). The second-order valence-corrected chi connectivity index (χ2v) is 13.3. The molecule has 3 aromatic rings. The molecule has 2 bridgehead atoms. The number of fused-ring (bicyclic) bond motifs is 3. The molecule has 8 heteroatoms. The number of hydrogen-bond acceptors (Lipinski definition) is 6. The van der Waals surface area contributed by atoms with E-state index >= 15 is 0 Å². The Labute approximate surface area is 241 Å². The minimum Gasteiger partial charge on any atom is -0.382 e. The van der Waals surface area contributed by atoms with Gasteiger partial charge in [0.25, 0.3) is 0 Å². The van der Waals surface area contributed by atoms with Crippen molar-refractivity contribution in [3.8, 4) is 17.3 Å². The summed E-state index contributed by atoms with van der Waals surface area (Å²) in [5.41, 5.74) is 7.39. The highest BCUT2D eigenvalue weighted by Gasteiger charge is 2.45. The van der Waals surface area contributed by atoms with Crippen molar-refractivity contribution in [2.24, 2.45) is 33.4 Å². The summed E-state index contributed by atoms with van der Waals surface area (Å²) < 4.78 is 1.87. The van der Waals surface area contributed by atoms with Gasteiger partial charge in [-0.15, -0.1) is 0 Å². The SMILES string of the molecule is CC(C)Nc1cc(-c2ccc3cc(C#N)cnn23)ccc1C1=NN=C(C2C[C@H]3CC[C@@H](C2)C3NC(=O)C(C)(C)C)C1. The predicted molar refractivity (Wildman–Crippen MR) is 163 cm³/mol. The van der Waals surface area contributed by atoms with Crippen molar-refractivity contribution in [2.45, 2.75) is 78.8 Å². The number of amides is 1. The van der Waals surface area contributed by atoms with E-state index in [0.717, 1.165) is 53.0 Å². The average molecular weight is 550 g/mol. The first-order valence-corrected chi connectivity index (χ1v) is 14.8. The van der Waals surface area contributed by atoms with Crippen LogP contribution in [0.5, 0.6) is 0 Å². The number of carbonyl (C=O) groups excluding carboxylic acids is 1. The summed E-state index contributed by atoms with van der Waals surface area (Å²) in [5, 5.41) is 30.2. The van der Waals surface area contributed by atoms with Crippen LogP contribution >= 0.6 is 0 Å². The highest BCUT2D eigenvalue weighted by Crippen LogP contribution is 2.46. The van der Waals surface area contributed by atoms with E-state index in [1.807, 2.05) is 43.5 Å². The summed E-state index contributed by atoms with van der Waals surface area (Å²) in [6.45, 7) is 10.2. The molecule has 212 valence electrons. The van der Waals surface area contributed by atoms with Crippen molar-refractivity contribution in [3.05, 3.63) is 53.7 Å². The zero-order valence-electron chi connectivity index (χ0n) is 24.6. The standard InChI is InChI=1S/C33H39N7O/c1-19(2)36-28-15-21(30-11-9-25-12-20(17-34)18-35-40(25)30)8-10-26(28)29-16-27(38-39-29)24-13-22-6-7-23(14-24)31(22)37-32(41)33(3,4)5/h8-12,15,18-19,22-24,31,36H,6-7,13-14,16H2,1-5H3,(H,37,41)/t22-,23+,24?,31?. The van der Waals surface area contributed by atoms with Gasteiger partial charge < -0.3 is 10.6 Å². The topological polar surface area (TPSA) is 107 Å². The molecule has 2 N–H and O–H groups in total. The quantitative estimate of drug-likeness (QED) is 0.381. The summed E-state index contributed by atoms with van der Waals surface area (Å²) in [6, 6.07) is 15.0. The van der Waals surface area contributed by atoms with E-state index < -0.39 is 0 Å². The first kappa shape index (κ1) is 27.2. The Morgan fingerprint density at radius 2 is 1.83 bits per heavy atom. The third-order valence-corrected chi connectivity index (χ3v) is 8.90. The summed E-state index contributed by atoms with van der Waals surface area (Å²) in [5.74, 6) is 1.62. The van der Waals surface area contributed by atoms with Crippen LogP contribution in [0, 0.1) is 34.5 Å². The van der Waals surface area contributed by atoms with Crippen molar-refractivity contribution >= 4 is 28.5 Å². The Balaban J connectivity index is 1.19. The van der Waals surface area contributed by atoms with Crippen LogP contribution < -0.4 is 10.6 Å². The van der Waals surface area contributed by atoms with E-state index in [0.29, 0.717) is 29.4 Å². The smallest absolute Gasteiger partial charge is 0.225 e. The molecule has 41 heavy (non-hydrogen) atoms. The fourth-order valence-electron chi connectivity index (χ4n) is 6.81. The lowest BCUT2D eigenvalue weighted by molar-refractivity contribution is -0.130. The van der Waals surface area contributed by atoms with E-state index in [4.69, 9.17) is 10.2 Å². The molecule has 2 fully saturated rings. The molecule has 2 saturated carbocycles. The second kappa shape index (κ2) is 10.4.